The van der Waals surface area contributed by atoms with Crippen molar-refractivity contribution in [3.8, 4) is 0 Å². The first-order valence-electron chi connectivity index (χ1n) is 6.77. The molecule has 28 heavy (non-hydrogen) atoms. The van der Waals surface area contributed by atoms with Gasteiger partial charge in [0, 0.05) is 0 Å². The third-order valence-electron chi connectivity index (χ3n) is 3.31. The Kier molecular flexibility index (Phi) is 5.61. The summed E-state index contributed by atoms with van der Waals surface area (Å²) in [7, 11) is 0. The van der Waals surface area contributed by atoms with Crippen molar-refractivity contribution >= 4 is 51.6 Å². The molecule has 0 atom stereocenters. The second kappa shape index (κ2) is 7.44. The summed E-state index contributed by atoms with van der Waals surface area (Å²) in [6.07, 6.45) is -4.91. The van der Waals surface area contributed by atoms with Gasteiger partial charge in [0.15, 0.2) is 5.69 Å². The molecule has 0 unspecified atom stereocenters. The number of benzene rings is 2. The Hall–Kier alpha value is -3.19. The van der Waals surface area contributed by atoms with Crippen LogP contribution in [0.4, 0.5) is 41.6 Å². The number of nitrogens with one attached hydrogen (secondary N) is 1. The standard InChI is InChI=1S/C13H5Cl2F3N4O6/c14-7-4-8(15)9(3-6(7)13(16,17)18)19-12-10(21(25)26)1-5(20(23)24)2-11(12)22(27)28/h1-4,19H. The number of alkyl halides is 3. The molecule has 0 aliphatic carbocycles. The van der Waals surface area contributed by atoms with Gasteiger partial charge in [0.2, 0.25) is 0 Å². The van der Waals surface area contributed by atoms with Crippen LogP contribution in [0.2, 0.25) is 10.0 Å². The minimum atomic E-state index is -4.91. The van der Waals surface area contributed by atoms with Crippen molar-refractivity contribution in [2.75, 3.05) is 5.32 Å². The van der Waals surface area contributed by atoms with Crippen molar-refractivity contribution in [2.45, 2.75) is 6.18 Å². The molecule has 0 aliphatic rings. The molecule has 0 heterocycles. The Bertz CT molecular complexity index is 979. The highest BCUT2D eigenvalue weighted by molar-refractivity contribution is 6.37. The largest absolute Gasteiger partial charge is 0.417 e. The first-order chi connectivity index (χ1) is 12.8. The zero-order chi connectivity index (χ0) is 21.4. The van der Waals surface area contributed by atoms with Crippen molar-refractivity contribution in [3.05, 3.63) is 70.2 Å². The highest BCUT2D eigenvalue weighted by Crippen LogP contribution is 2.44. The van der Waals surface area contributed by atoms with Crippen LogP contribution in [0.5, 0.6) is 0 Å². The smallest absolute Gasteiger partial charge is 0.343 e. The lowest BCUT2D eigenvalue weighted by atomic mass is 10.1. The molecule has 1 N–H and O–H groups in total. The third kappa shape index (κ3) is 4.20. The van der Waals surface area contributed by atoms with Gasteiger partial charge in [-0.25, -0.2) is 0 Å². The fraction of sp³-hybridized carbons (Fsp3) is 0.0769. The SMILES string of the molecule is O=[N+]([O-])c1cc([N+](=O)[O-])c(Nc2cc(C(F)(F)F)c(Cl)cc2Cl)c([N+](=O)[O-])c1. The topological polar surface area (TPSA) is 141 Å². The van der Waals surface area contributed by atoms with Crippen LogP contribution in [0.1, 0.15) is 5.56 Å². The van der Waals surface area contributed by atoms with E-state index in [1.807, 2.05) is 0 Å². The van der Waals surface area contributed by atoms with Gasteiger partial charge in [-0.15, -0.1) is 0 Å². The Labute approximate surface area is 161 Å². The molecule has 0 amide bonds. The molecule has 0 fully saturated rings. The maximum absolute atomic E-state index is 13.0. The molecule has 15 heteroatoms. The summed E-state index contributed by atoms with van der Waals surface area (Å²) in [5.41, 5.74) is -6.01. The van der Waals surface area contributed by atoms with Gasteiger partial charge < -0.3 is 5.32 Å². The lowest BCUT2D eigenvalue weighted by Gasteiger charge is -2.14. The predicted octanol–water partition coefficient (Wildman–Crippen LogP) is 5.48. The summed E-state index contributed by atoms with van der Waals surface area (Å²) >= 11 is 11.3. The number of nitro benzene ring substituents is 3. The summed E-state index contributed by atoms with van der Waals surface area (Å²) in [5, 5.41) is 34.2. The number of nitro groups is 3. The van der Waals surface area contributed by atoms with Crippen molar-refractivity contribution in [1.82, 2.24) is 0 Å². The number of hydrogen-bond donors (Lipinski definition) is 1. The number of nitrogens with zero attached hydrogens (tertiary/aromatic N) is 3. The van der Waals surface area contributed by atoms with E-state index in [4.69, 9.17) is 23.2 Å². The van der Waals surface area contributed by atoms with E-state index < -0.39 is 65.0 Å². The van der Waals surface area contributed by atoms with Gasteiger partial charge in [0.05, 0.1) is 48.2 Å². The number of anilines is 2. The fourth-order valence-electron chi connectivity index (χ4n) is 2.12. The minimum absolute atomic E-state index is 0.402. The average Bonchev–Trinajstić information content (AvgIpc) is 2.55. The van der Waals surface area contributed by atoms with Gasteiger partial charge in [-0.1, -0.05) is 23.2 Å². The van der Waals surface area contributed by atoms with Gasteiger partial charge in [-0.05, 0) is 12.1 Å². The molecule has 2 aromatic carbocycles. The molecule has 148 valence electrons. The molecule has 0 aromatic heterocycles. The van der Waals surface area contributed by atoms with E-state index in [9.17, 15) is 43.5 Å². The fourth-order valence-corrected chi connectivity index (χ4v) is 2.65. The number of non-ortho nitro benzene ring substituents is 1. The lowest BCUT2D eigenvalue weighted by Crippen LogP contribution is -2.08. The second-order valence-corrected chi connectivity index (χ2v) is 5.88. The number of hydrogen-bond acceptors (Lipinski definition) is 7. The maximum atomic E-state index is 13.0. The molecule has 0 bridgehead atoms. The predicted molar refractivity (Wildman–Crippen MR) is 91.2 cm³/mol. The van der Waals surface area contributed by atoms with Crippen LogP contribution >= 0.6 is 23.2 Å². The van der Waals surface area contributed by atoms with Crippen LogP contribution in [-0.4, -0.2) is 14.8 Å². The number of halogens is 5. The Balaban J connectivity index is 2.74. The molecule has 0 radical (unpaired) electrons. The zero-order valence-electron chi connectivity index (χ0n) is 13.0. The molecule has 0 saturated carbocycles. The first kappa shape index (κ1) is 21.1. The Morgan fingerprint density at radius 3 is 1.71 bits per heavy atom. The first-order valence-corrected chi connectivity index (χ1v) is 7.53. The molecule has 0 saturated heterocycles. The normalized spacial score (nSPS) is 11.2. The van der Waals surface area contributed by atoms with Crippen LogP contribution in [0.3, 0.4) is 0 Å². The van der Waals surface area contributed by atoms with Gasteiger partial charge in [0.25, 0.3) is 5.69 Å². The van der Waals surface area contributed by atoms with Crippen LogP contribution in [0.25, 0.3) is 0 Å². The molecule has 10 nitrogen and oxygen atoms in total. The van der Waals surface area contributed by atoms with E-state index >= 15 is 0 Å². The Morgan fingerprint density at radius 1 is 0.821 bits per heavy atom. The van der Waals surface area contributed by atoms with Crippen molar-refractivity contribution < 1.29 is 27.9 Å². The van der Waals surface area contributed by atoms with Crippen molar-refractivity contribution in [3.63, 3.8) is 0 Å². The van der Waals surface area contributed by atoms with Gasteiger partial charge >= 0.3 is 17.6 Å². The molecule has 0 aliphatic heterocycles. The quantitative estimate of drug-likeness (QED) is 0.478. The van der Waals surface area contributed by atoms with Gasteiger partial charge in [0.1, 0.15) is 0 Å². The Morgan fingerprint density at radius 2 is 1.32 bits per heavy atom. The van der Waals surface area contributed by atoms with E-state index in [0.29, 0.717) is 24.3 Å². The summed E-state index contributed by atoms with van der Waals surface area (Å²) in [6, 6.07) is 1.94. The van der Waals surface area contributed by atoms with E-state index in [1.165, 1.54) is 0 Å². The molecule has 2 rings (SSSR count). The van der Waals surface area contributed by atoms with E-state index in [0.717, 1.165) is 0 Å². The van der Waals surface area contributed by atoms with E-state index in [2.05, 4.69) is 5.32 Å². The molecular weight excluding hydrogens is 436 g/mol. The monoisotopic (exact) mass is 440 g/mol. The van der Waals surface area contributed by atoms with Gasteiger partial charge in [-0.2, -0.15) is 13.2 Å². The van der Waals surface area contributed by atoms with Crippen molar-refractivity contribution in [2.24, 2.45) is 0 Å². The molecule has 0 spiro atoms. The number of rotatable bonds is 5. The second-order valence-electron chi connectivity index (χ2n) is 5.07. The lowest BCUT2D eigenvalue weighted by molar-refractivity contribution is -0.401. The summed E-state index contributed by atoms with van der Waals surface area (Å²) in [6.45, 7) is 0. The van der Waals surface area contributed by atoms with Crippen molar-refractivity contribution in [1.29, 1.82) is 0 Å². The average molecular weight is 441 g/mol. The van der Waals surface area contributed by atoms with Gasteiger partial charge in [-0.3, -0.25) is 30.3 Å². The van der Waals surface area contributed by atoms with Crippen LogP contribution in [0, 0.1) is 30.3 Å². The van der Waals surface area contributed by atoms with E-state index in [-0.39, 0.29) is 0 Å². The summed E-state index contributed by atoms with van der Waals surface area (Å²) in [5.74, 6) is 0. The van der Waals surface area contributed by atoms with Crippen LogP contribution in [0.15, 0.2) is 24.3 Å². The molecular formula is C13H5Cl2F3N4O6. The zero-order valence-corrected chi connectivity index (χ0v) is 14.5. The summed E-state index contributed by atoms with van der Waals surface area (Å²) < 4.78 is 39.0. The van der Waals surface area contributed by atoms with E-state index in [1.54, 1.807) is 0 Å². The molecule has 2 aromatic rings. The highest BCUT2D eigenvalue weighted by atomic mass is 35.5. The van der Waals surface area contributed by atoms with Crippen LogP contribution < -0.4 is 5.32 Å². The maximum Gasteiger partial charge on any atom is 0.417 e. The van der Waals surface area contributed by atoms with Crippen LogP contribution in [-0.2, 0) is 6.18 Å². The minimum Gasteiger partial charge on any atom is -0.343 e. The highest BCUT2D eigenvalue weighted by Gasteiger charge is 2.35. The summed E-state index contributed by atoms with van der Waals surface area (Å²) in [4.78, 5) is 29.8. The third-order valence-corrected chi connectivity index (χ3v) is 3.93.